The van der Waals surface area contributed by atoms with Crippen LogP contribution >= 0.6 is 11.8 Å². The number of urea groups is 1. The lowest BCUT2D eigenvalue weighted by molar-refractivity contribution is -0.274. The normalized spacial score (nSPS) is 14.5. The van der Waals surface area contributed by atoms with E-state index in [9.17, 15) is 35.9 Å². The first-order chi connectivity index (χ1) is 22.1. The fraction of sp³-hybridized carbons (Fsp3) is 0.179. The average Bonchev–Trinajstić information content (AvgIpc) is 3.60. The van der Waals surface area contributed by atoms with Crippen molar-refractivity contribution in [2.75, 3.05) is 22.6 Å². The summed E-state index contributed by atoms with van der Waals surface area (Å²) in [7, 11) is 0. The molecule has 1 saturated heterocycles. The van der Waals surface area contributed by atoms with Crippen LogP contribution in [0, 0.1) is 18.6 Å². The quantitative estimate of drug-likeness (QED) is 0.208. The number of nitrogens with zero attached hydrogens (tertiary/aromatic N) is 5. The maximum absolute atomic E-state index is 15.0. The van der Waals surface area contributed by atoms with E-state index < -0.39 is 54.2 Å². The van der Waals surface area contributed by atoms with Gasteiger partial charge in [0.1, 0.15) is 23.5 Å². The number of alkyl halides is 6. The Labute approximate surface area is 263 Å². The van der Waals surface area contributed by atoms with Crippen LogP contribution in [0.1, 0.15) is 5.56 Å². The standard InChI is InChI=1S/C28H18F8N6O4S/c1-14-2-7-21(45-12-27(31,32)33)20(8-14)42-22(43)11-47-26(42)39-25(44)38-23-18(29)9-15(10-19(23)30)24-37-13-41(40-24)16-3-5-17(6-4-16)46-28(34,35)36/h2-10,13H,11-12H2,1H3,(H,38,44). The van der Waals surface area contributed by atoms with Crippen LogP contribution < -0.4 is 19.7 Å². The lowest BCUT2D eigenvalue weighted by atomic mass is 10.1. The molecule has 1 aliphatic rings. The number of thioether (sulfide) groups is 1. The summed E-state index contributed by atoms with van der Waals surface area (Å²) in [6.45, 7) is -0.0405. The molecule has 4 aromatic rings. The van der Waals surface area contributed by atoms with E-state index in [2.05, 4.69) is 19.8 Å². The van der Waals surface area contributed by atoms with Gasteiger partial charge in [-0.15, -0.1) is 18.3 Å². The zero-order valence-corrected chi connectivity index (χ0v) is 24.3. The number of aryl methyl sites for hydroxylation is 1. The summed E-state index contributed by atoms with van der Waals surface area (Å²) in [4.78, 5) is 33.9. The number of benzene rings is 3. The van der Waals surface area contributed by atoms with Crippen LogP contribution in [0.4, 0.5) is 51.3 Å². The van der Waals surface area contributed by atoms with Gasteiger partial charge in [0, 0.05) is 5.56 Å². The smallest absolute Gasteiger partial charge is 0.482 e. The summed E-state index contributed by atoms with van der Waals surface area (Å²) in [5.41, 5.74) is -0.383. The van der Waals surface area contributed by atoms with E-state index in [1.165, 1.54) is 30.3 Å². The lowest BCUT2D eigenvalue weighted by Gasteiger charge is -2.21. The molecule has 1 aromatic heterocycles. The number of hydrogen-bond donors (Lipinski definition) is 1. The van der Waals surface area contributed by atoms with Crippen LogP contribution in [-0.4, -0.2) is 56.8 Å². The van der Waals surface area contributed by atoms with Crippen LogP contribution in [0.15, 0.2) is 65.9 Å². The summed E-state index contributed by atoms with van der Waals surface area (Å²) in [6.07, 6.45) is -8.41. The van der Waals surface area contributed by atoms with Crippen molar-refractivity contribution in [2.45, 2.75) is 19.5 Å². The molecule has 0 atom stereocenters. The molecule has 3 amide bonds. The largest absolute Gasteiger partial charge is 0.573 e. The molecule has 1 aliphatic heterocycles. The number of ether oxygens (including phenoxy) is 2. The van der Waals surface area contributed by atoms with Gasteiger partial charge in [-0.3, -0.25) is 9.69 Å². The molecule has 2 heterocycles. The maximum Gasteiger partial charge on any atom is 0.573 e. The number of hydrogen-bond acceptors (Lipinski definition) is 7. The van der Waals surface area contributed by atoms with E-state index in [1.54, 1.807) is 6.92 Å². The van der Waals surface area contributed by atoms with E-state index in [0.29, 0.717) is 5.56 Å². The minimum atomic E-state index is -4.88. The topological polar surface area (TPSA) is 111 Å². The molecular formula is C28H18F8N6O4S. The average molecular weight is 687 g/mol. The van der Waals surface area contributed by atoms with Crippen molar-refractivity contribution in [3.05, 3.63) is 78.1 Å². The van der Waals surface area contributed by atoms with Crippen molar-refractivity contribution in [3.8, 4) is 28.6 Å². The van der Waals surface area contributed by atoms with Gasteiger partial charge in [-0.25, -0.2) is 23.2 Å². The van der Waals surface area contributed by atoms with Crippen LogP contribution in [0.25, 0.3) is 17.1 Å². The van der Waals surface area contributed by atoms with E-state index >= 15 is 8.78 Å². The molecule has 5 rings (SSSR count). The Morgan fingerprint density at radius 2 is 1.70 bits per heavy atom. The van der Waals surface area contributed by atoms with Crippen molar-refractivity contribution in [1.82, 2.24) is 14.8 Å². The van der Waals surface area contributed by atoms with Crippen LogP contribution in [-0.2, 0) is 4.79 Å². The highest BCUT2D eigenvalue weighted by Gasteiger charge is 2.35. The fourth-order valence-corrected chi connectivity index (χ4v) is 4.99. The molecule has 246 valence electrons. The molecule has 1 fully saturated rings. The highest BCUT2D eigenvalue weighted by atomic mass is 32.2. The molecule has 10 nitrogen and oxygen atoms in total. The number of rotatable bonds is 7. The number of aliphatic imine (C=N–C) groups is 1. The Kier molecular flexibility index (Phi) is 9.10. The second-order valence-corrected chi connectivity index (χ2v) is 10.5. The Morgan fingerprint density at radius 3 is 2.34 bits per heavy atom. The predicted octanol–water partition coefficient (Wildman–Crippen LogP) is 7.03. The van der Waals surface area contributed by atoms with Gasteiger partial charge < -0.3 is 14.8 Å². The second-order valence-electron chi connectivity index (χ2n) is 9.59. The van der Waals surface area contributed by atoms with Gasteiger partial charge in [-0.1, -0.05) is 17.8 Å². The fourth-order valence-electron chi connectivity index (χ4n) is 4.13. The molecule has 0 bridgehead atoms. The Balaban J connectivity index is 1.33. The summed E-state index contributed by atoms with van der Waals surface area (Å²) < 4.78 is 115. The molecule has 1 N–H and O–H groups in total. The Morgan fingerprint density at radius 1 is 1.02 bits per heavy atom. The summed E-state index contributed by atoms with van der Waals surface area (Å²) in [5, 5.41) is 5.74. The third-order valence-electron chi connectivity index (χ3n) is 6.07. The molecule has 0 saturated carbocycles. The first kappa shape index (κ1) is 33.2. The third kappa shape index (κ3) is 8.15. The van der Waals surface area contributed by atoms with Crippen LogP contribution in [0.5, 0.6) is 11.5 Å². The number of halogens is 8. The highest BCUT2D eigenvalue weighted by Crippen LogP contribution is 2.36. The molecule has 19 heteroatoms. The van der Waals surface area contributed by atoms with Crippen LogP contribution in [0.3, 0.4) is 0 Å². The zero-order chi connectivity index (χ0) is 34.1. The molecule has 3 aromatic carbocycles. The van der Waals surface area contributed by atoms with Crippen molar-refractivity contribution in [3.63, 3.8) is 0 Å². The SMILES string of the molecule is Cc1ccc(OCC(F)(F)F)c(N2C(=O)CSC2=NC(=O)Nc2c(F)cc(-c3ncn(-c4ccc(OC(F)(F)F)cc4)n3)cc2F)c1. The third-order valence-corrected chi connectivity index (χ3v) is 6.99. The molecule has 0 unspecified atom stereocenters. The van der Waals surface area contributed by atoms with Gasteiger partial charge in [0.15, 0.2) is 29.2 Å². The first-order valence-corrected chi connectivity index (χ1v) is 14.0. The van der Waals surface area contributed by atoms with E-state index in [1.807, 2.05) is 5.32 Å². The Bertz CT molecular complexity index is 1840. The van der Waals surface area contributed by atoms with Gasteiger partial charge in [0.05, 0.1) is 17.1 Å². The van der Waals surface area contributed by atoms with E-state index in [-0.39, 0.29) is 39.4 Å². The number of nitrogens with one attached hydrogen (secondary N) is 1. The predicted molar refractivity (Wildman–Crippen MR) is 153 cm³/mol. The molecular weight excluding hydrogens is 668 g/mol. The van der Waals surface area contributed by atoms with Crippen LogP contribution in [0.2, 0.25) is 0 Å². The number of aromatic nitrogens is 3. The number of amides is 3. The Hall–Kier alpha value is -5.20. The number of carbonyl (C=O) groups excluding carboxylic acids is 2. The minimum Gasteiger partial charge on any atom is -0.482 e. The molecule has 47 heavy (non-hydrogen) atoms. The first-order valence-electron chi connectivity index (χ1n) is 13.0. The monoisotopic (exact) mass is 686 g/mol. The maximum atomic E-state index is 15.0. The van der Waals surface area contributed by atoms with Crippen molar-refractivity contribution >= 4 is 40.2 Å². The zero-order valence-electron chi connectivity index (χ0n) is 23.5. The van der Waals surface area contributed by atoms with Crippen molar-refractivity contribution < 1.29 is 54.2 Å². The van der Waals surface area contributed by atoms with Gasteiger partial charge in [-0.2, -0.15) is 18.2 Å². The number of carbonyl (C=O) groups is 2. The summed E-state index contributed by atoms with van der Waals surface area (Å²) in [6, 6.07) is 8.90. The van der Waals surface area contributed by atoms with Gasteiger partial charge >= 0.3 is 18.6 Å². The van der Waals surface area contributed by atoms with Gasteiger partial charge in [-0.05, 0) is 61.0 Å². The number of anilines is 2. The van der Waals surface area contributed by atoms with Crippen molar-refractivity contribution in [2.24, 2.45) is 4.99 Å². The number of amidine groups is 1. The summed E-state index contributed by atoms with van der Waals surface area (Å²) in [5.74, 6) is -4.35. The molecule has 0 radical (unpaired) electrons. The lowest BCUT2D eigenvalue weighted by Crippen LogP contribution is -2.31. The van der Waals surface area contributed by atoms with E-state index in [0.717, 1.165) is 51.9 Å². The summed E-state index contributed by atoms with van der Waals surface area (Å²) >= 11 is 0.767. The molecule has 0 spiro atoms. The van der Waals surface area contributed by atoms with Gasteiger partial charge in [0.2, 0.25) is 5.91 Å². The molecule has 0 aliphatic carbocycles. The second kappa shape index (κ2) is 12.9. The van der Waals surface area contributed by atoms with Crippen molar-refractivity contribution in [1.29, 1.82) is 0 Å². The highest BCUT2D eigenvalue weighted by molar-refractivity contribution is 8.15. The van der Waals surface area contributed by atoms with E-state index in [4.69, 9.17) is 4.74 Å². The van der Waals surface area contributed by atoms with Gasteiger partial charge in [0.25, 0.3) is 0 Å². The minimum absolute atomic E-state index is 0.116.